The largest absolute Gasteiger partial charge is 0.508 e. The number of nitrogens with zero attached hydrogens (tertiary/aromatic N) is 2. The van der Waals surface area contributed by atoms with Crippen LogP contribution in [0, 0.1) is 11.8 Å². The Kier molecular flexibility index (Phi) is 18.9. The highest BCUT2D eigenvalue weighted by Gasteiger charge is 2.40. The number of aliphatic carboxylic acids is 1. The number of carbonyl (C=O) groups excluding carboxylic acids is 8. The second-order valence-corrected chi connectivity index (χ2v) is 16.6. The highest BCUT2D eigenvalue weighted by atomic mass is 16.4. The Balaban J connectivity index is 1.71. The van der Waals surface area contributed by atoms with Crippen molar-refractivity contribution >= 4 is 53.2 Å². The van der Waals surface area contributed by atoms with E-state index in [1.54, 1.807) is 12.1 Å². The summed E-state index contributed by atoms with van der Waals surface area (Å²) in [6, 6.07) is -1.70. The number of hydrogen-bond acceptors (Lipinski definition) is 11. The van der Waals surface area contributed by atoms with E-state index < -0.39 is 102 Å². The highest BCUT2D eigenvalue weighted by Crippen LogP contribution is 2.22. The lowest BCUT2D eigenvalue weighted by atomic mass is 10.0. The van der Waals surface area contributed by atoms with Crippen LogP contribution in [0.25, 0.3) is 0 Å². The first-order valence-electron chi connectivity index (χ1n) is 20.8. The van der Waals surface area contributed by atoms with Crippen LogP contribution < -0.4 is 38.1 Å². The van der Waals surface area contributed by atoms with Gasteiger partial charge in [0.15, 0.2) is 0 Å². The number of carbonyl (C=O) groups is 9. The molecule has 7 atom stereocenters. The maximum absolute atomic E-state index is 14.1. The molecule has 1 aromatic carbocycles. The quantitative estimate of drug-likeness (QED) is 0.0662. The predicted molar refractivity (Wildman–Crippen MR) is 221 cm³/mol. The minimum Gasteiger partial charge on any atom is -0.508 e. The summed E-state index contributed by atoms with van der Waals surface area (Å²) < 4.78 is 0. The summed E-state index contributed by atoms with van der Waals surface area (Å²) in [6.45, 7) is 8.53. The molecule has 0 aromatic heterocycles. The molecule has 8 amide bonds. The molecular formula is C41H63N9O11. The number of likely N-dealkylation sites (tertiary alicyclic amines) is 2. The van der Waals surface area contributed by atoms with Crippen LogP contribution in [0.15, 0.2) is 24.3 Å². The van der Waals surface area contributed by atoms with E-state index in [2.05, 4.69) is 26.6 Å². The van der Waals surface area contributed by atoms with Gasteiger partial charge in [0.2, 0.25) is 47.3 Å². The number of hydrogen-bond donors (Lipinski definition) is 9. The van der Waals surface area contributed by atoms with Gasteiger partial charge in [-0.3, -0.25) is 38.4 Å². The van der Waals surface area contributed by atoms with Crippen LogP contribution in [-0.4, -0.2) is 135 Å². The first-order valence-corrected chi connectivity index (χ1v) is 20.8. The third kappa shape index (κ3) is 15.3. The van der Waals surface area contributed by atoms with E-state index in [0.29, 0.717) is 24.8 Å². The van der Waals surface area contributed by atoms with Crippen molar-refractivity contribution in [1.29, 1.82) is 0 Å². The molecule has 0 spiro atoms. The third-order valence-electron chi connectivity index (χ3n) is 10.5. The molecule has 2 saturated heterocycles. The van der Waals surface area contributed by atoms with Gasteiger partial charge in [-0.25, -0.2) is 4.79 Å². The van der Waals surface area contributed by atoms with E-state index in [4.69, 9.17) is 11.5 Å². The van der Waals surface area contributed by atoms with Crippen LogP contribution in [0.2, 0.25) is 0 Å². The van der Waals surface area contributed by atoms with Gasteiger partial charge in [-0.2, -0.15) is 0 Å². The van der Waals surface area contributed by atoms with Crippen LogP contribution in [0.1, 0.15) is 91.5 Å². The molecule has 2 aliphatic rings. The van der Waals surface area contributed by atoms with Crippen LogP contribution in [0.3, 0.4) is 0 Å². The Labute approximate surface area is 355 Å². The van der Waals surface area contributed by atoms with Gasteiger partial charge in [-0.15, -0.1) is 0 Å². The Morgan fingerprint density at radius 1 is 0.721 bits per heavy atom. The standard InChI is InChI=1S/C41H63N9O11/c1-22(2)18-27(42)36(55)47-28(14-15-33(43)52)39(58)49-16-6-8-31(49)37(56)44-21-34(53)46-29(20-25-10-12-26(51)13-11-25)40(59)50-17-7-9-32(50)38(57)45-24(5)35(54)48-30(41(60)61)19-23(3)4/h10-13,22-24,27-32,51H,6-9,14-21,42H2,1-5H3,(H2,43,52)(H,44,56)(H,45,57)(H,46,53)(H,47,55)(H,48,54)(H,60,61)/t24-,27-,28-,29-,30-,31-,32-/m0/s1. The van der Waals surface area contributed by atoms with Crippen LogP contribution >= 0.6 is 0 Å². The lowest BCUT2D eigenvalue weighted by molar-refractivity contribution is -0.143. The third-order valence-corrected chi connectivity index (χ3v) is 10.5. The van der Waals surface area contributed by atoms with Crippen molar-refractivity contribution in [1.82, 2.24) is 36.4 Å². The molecule has 1 aromatic rings. The lowest BCUT2D eigenvalue weighted by Gasteiger charge is -2.30. The van der Waals surface area contributed by atoms with E-state index in [-0.39, 0.29) is 69.2 Å². The van der Waals surface area contributed by atoms with Gasteiger partial charge < -0.3 is 58.1 Å². The SMILES string of the molecule is CC(C)C[C@H](NC(=O)[C@H](C)NC(=O)[C@@H]1CCCN1C(=O)[C@H](Cc1ccc(O)cc1)NC(=O)CNC(=O)[C@@H]1CCCN1C(=O)[C@H](CCC(N)=O)NC(=O)[C@@H](N)CC(C)C)C(=O)O. The Morgan fingerprint density at radius 3 is 1.80 bits per heavy atom. The van der Waals surface area contributed by atoms with Gasteiger partial charge >= 0.3 is 5.97 Å². The van der Waals surface area contributed by atoms with Gasteiger partial charge in [0.25, 0.3) is 0 Å². The number of carboxylic acids is 1. The van der Waals surface area contributed by atoms with Crippen LogP contribution in [0.4, 0.5) is 0 Å². The molecule has 0 bridgehead atoms. The van der Waals surface area contributed by atoms with Crippen molar-refractivity contribution in [3.8, 4) is 5.75 Å². The summed E-state index contributed by atoms with van der Waals surface area (Å²) in [5.41, 5.74) is 11.9. The number of phenolic OH excluding ortho intramolecular Hbond substituents is 1. The summed E-state index contributed by atoms with van der Waals surface area (Å²) >= 11 is 0. The maximum Gasteiger partial charge on any atom is 0.326 e. The van der Waals surface area contributed by atoms with Crippen LogP contribution in [-0.2, 0) is 49.6 Å². The average molecular weight is 858 g/mol. The van der Waals surface area contributed by atoms with Crippen molar-refractivity contribution in [2.24, 2.45) is 23.3 Å². The van der Waals surface area contributed by atoms with Crippen molar-refractivity contribution in [3.05, 3.63) is 29.8 Å². The highest BCUT2D eigenvalue weighted by molar-refractivity contribution is 5.97. The van der Waals surface area contributed by atoms with E-state index in [1.807, 2.05) is 27.7 Å². The Hall–Kier alpha value is -5.79. The summed E-state index contributed by atoms with van der Waals surface area (Å²) in [7, 11) is 0. The molecule has 61 heavy (non-hydrogen) atoms. The first kappa shape index (κ1) is 49.6. The monoisotopic (exact) mass is 857 g/mol. The fourth-order valence-electron chi connectivity index (χ4n) is 7.41. The zero-order chi connectivity index (χ0) is 45.6. The number of nitrogens with one attached hydrogen (secondary N) is 5. The molecule has 2 heterocycles. The first-order chi connectivity index (χ1) is 28.7. The molecular weight excluding hydrogens is 795 g/mol. The second kappa shape index (κ2) is 23.3. The number of primary amides is 1. The number of nitrogens with two attached hydrogens (primary N) is 2. The zero-order valence-electron chi connectivity index (χ0n) is 35.6. The number of aromatic hydroxyl groups is 1. The van der Waals surface area contributed by atoms with Crippen LogP contribution in [0.5, 0.6) is 5.75 Å². The van der Waals surface area contributed by atoms with Crippen molar-refractivity contribution < 1.29 is 53.4 Å². The molecule has 0 unspecified atom stereocenters. The number of rotatable bonds is 22. The van der Waals surface area contributed by atoms with E-state index in [9.17, 15) is 53.4 Å². The van der Waals surface area contributed by atoms with Gasteiger partial charge in [-0.05, 0) is 81.4 Å². The zero-order valence-corrected chi connectivity index (χ0v) is 35.6. The minimum atomic E-state index is -1.24. The molecule has 20 heteroatoms. The fourth-order valence-corrected chi connectivity index (χ4v) is 7.41. The summed E-state index contributed by atoms with van der Waals surface area (Å²) in [5, 5.41) is 32.2. The number of amides is 8. The Bertz CT molecular complexity index is 1760. The lowest BCUT2D eigenvalue weighted by Crippen LogP contribution is -2.58. The van der Waals surface area contributed by atoms with E-state index in [0.717, 1.165) is 0 Å². The molecule has 338 valence electrons. The van der Waals surface area contributed by atoms with Crippen molar-refractivity contribution in [2.45, 2.75) is 135 Å². The van der Waals surface area contributed by atoms with Gasteiger partial charge in [0.05, 0.1) is 12.6 Å². The van der Waals surface area contributed by atoms with E-state index in [1.165, 1.54) is 28.9 Å². The molecule has 3 rings (SSSR count). The smallest absolute Gasteiger partial charge is 0.326 e. The predicted octanol–water partition coefficient (Wildman–Crippen LogP) is -1.24. The summed E-state index contributed by atoms with van der Waals surface area (Å²) in [5.74, 6) is -6.43. The summed E-state index contributed by atoms with van der Waals surface area (Å²) in [4.78, 5) is 120. The van der Waals surface area contributed by atoms with Crippen molar-refractivity contribution in [3.63, 3.8) is 0 Å². The average Bonchev–Trinajstić information content (AvgIpc) is 3.89. The number of phenols is 1. The number of benzene rings is 1. The van der Waals surface area contributed by atoms with Crippen molar-refractivity contribution in [2.75, 3.05) is 19.6 Å². The summed E-state index contributed by atoms with van der Waals surface area (Å²) in [6.07, 6.45) is 1.53. The minimum absolute atomic E-state index is 0.0230. The van der Waals surface area contributed by atoms with Gasteiger partial charge in [-0.1, -0.05) is 39.8 Å². The second-order valence-electron chi connectivity index (χ2n) is 16.6. The molecule has 2 fully saturated rings. The van der Waals surface area contributed by atoms with Gasteiger partial charge in [0.1, 0.15) is 42.0 Å². The Morgan fingerprint density at radius 2 is 1.26 bits per heavy atom. The number of carboxylic acid groups (broad SMARTS) is 1. The molecule has 11 N–H and O–H groups in total. The normalized spacial score (nSPS) is 18.7. The van der Waals surface area contributed by atoms with Gasteiger partial charge in [0, 0.05) is 25.9 Å². The van der Waals surface area contributed by atoms with E-state index >= 15 is 0 Å². The maximum atomic E-state index is 14.1. The molecule has 0 saturated carbocycles. The fraction of sp³-hybridized carbons (Fsp3) is 0.634. The topological polar surface area (TPSA) is 313 Å². The molecule has 0 radical (unpaired) electrons. The molecule has 0 aliphatic carbocycles. The molecule has 2 aliphatic heterocycles. The molecule has 20 nitrogen and oxygen atoms in total.